The Hall–Kier alpha value is -3.69. The first-order valence-corrected chi connectivity index (χ1v) is 6.40. The molecule has 3 rings (SSSR count). The van der Waals surface area contributed by atoms with Crippen molar-refractivity contribution in [1.29, 1.82) is 0 Å². The minimum absolute atomic E-state index is 0.237. The Labute approximate surface area is 131 Å². The molecule has 0 saturated heterocycles. The molecule has 2 amide bonds. The van der Waals surface area contributed by atoms with Gasteiger partial charge < -0.3 is 15.9 Å². The summed E-state index contributed by atoms with van der Waals surface area (Å²) in [4.78, 5) is 46.6. The number of carboxylic acids is 1. The lowest BCUT2D eigenvalue weighted by atomic mass is 10.1. The standard InChI is InChI=1S/C14H8FN3O6/c15-5-1-2-6(10(20)9(5)14(23)24)18-7(19)3-4-8(11(18)16)13(22)17-12(4)21/h1-3,20H,16H2,(H,23,24)(H,17,21,22). The van der Waals surface area contributed by atoms with E-state index in [4.69, 9.17) is 10.8 Å². The summed E-state index contributed by atoms with van der Waals surface area (Å²) < 4.78 is 14.2. The third-order valence-corrected chi connectivity index (χ3v) is 3.51. The highest BCUT2D eigenvalue weighted by Gasteiger charge is 2.32. The molecule has 1 aromatic carbocycles. The number of nitrogens with one attached hydrogen (secondary N) is 1. The van der Waals surface area contributed by atoms with Gasteiger partial charge in [-0.2, -0.15) is 0 Å². The SMILES string of the molecule is Nc1c2c(cc(=O)n1-c1ccc(F)c(C(=O)O)c1O)C(=O)NC2=O. The third kappa shape index (κ3) is 1.93. The number of hydrogen-bond acceptors (Lipinski definition) is 6. The number of aromatic nitrogens is 1. The van der Waals surface area contributed by atoms with E-state index in [-0.39, 0.29) is 11.1 Å². The number of carbonyl (C=O) groups is 3. The molecule has 0 atom stereocenters. The van der Waals surface area contributed by atoms with E-state index in [1.807, 2.05) is 5.32 Å². The predicted octanol–water partition coefficient (Wildman–Crippen LogP) is -0.154. The molecule has 10 heteroatoms. The Balaban J connectivity index is 2.38. The molecule has 0 fully saturated rings. The van der Waals surface area contributed by atoms with Crippen molar-refractivity contribution >= 4 is 23.6 Å². The Kier molecular flexibility index (Phi) is 3.11. The number of carboxylic acid groups (broad SMARTS) is 1. The maximum Gasteiger partial charge on any atom is 0.342 e. The van der Waals surface area contributed by atoms with Gasteiger partial charge >= 0.3 is 5.97 Å². The maximum absolute atomic E-state index is 13.6. The van der Waals surface area contributed by atoms with Crippen LogP contribution in [0.5, 0.6) is 5.75 Å². The fourth-order valence-corrected chi connectivity index (χ4v) is 2.47. The number of hydrogen-bond donors (Lipinski definition) is 4. The summed E-state index contributed by atoms with van der Waals surface area (Å²) in [6.45, 7) is 0. The number of rotatable bonds is 2. The lowest BCUT2D eigenvalue weighted by Gasteiger charge is -2.14. The van der Waals surface area contributed by atoms with Crippen LogP contribution in [0.15, 0.2) is 23.0 Å². The average molecular weight is 333 g/mol. The van der Waals surface area contributed by atoms with Gasteiger partial charge in [0.2, 0.25) is 0 Å². The number of carbonyl (C=O) groups excluding carboxylic acids is 2. The van der Waals surface area contributed by atoms with Gasteiger partial charge in [0.05, 0.1) is 16.8 Å². The molecule has 1 aliphatic rings. The zero-order valence-corrected chi connectivity index (χ0v) is 11.7. The van der Waals surface area contributed by atoms with Gasteiger partial charge in [0.25, 0.3) is 17.4 Å². The number of nitrogen functional groups attached to an aromatic ring is 1. The highest BCUT2D eigenvalue weighted by Crippen LogP contribution is 2.31. The summed E-state index contributed by atoms with van der Waals surface area (Å²) in [6.07, 6.45) is 0. The first-order chi connectivity index (χ1) is 11.2. The summed E-state index contributed by atoms with van der Waals surface area (Å²) in [7, 11) is 0. The van der Waals surface area contributed by atoms with Gasteiger partial charge in [0.1, 0.15) is 17.2 Å². The fourth-order valence-electron chi connectivity index (χ4n) is 2.47. The zero-order valence-electron chi connectivity index (χ0n) is 11.7. The summed E-state index contributed by atoms with van der Waals surface area (Å²) >= 11 is 0. The van der Waals surface area contributed by atoms with Gasteiger partial charge in [-0.25, -0.2) is 9.18 Å². The Morgan fingerprint density at radius 1 is 1.21 bits per heavy atom. The molecule has 1 aliphatic heterocycles. The monoisotopic (exact) mass is 333 g/mol. The highest BCUT2D eigenvalue weighted by atomic mass is 19.1. The number of benzene rings is 1. The number of imide groups is 1. The van der Waals surface area contributed by atoms with E-state index in [0.717, 1.165) is 18.2 Å². The first kappa shape index (κ1) is 15.2. The largest absolute Gasteiger partial charge is 0.505 e. The number of halogens is 1. The maximum atomic E-state index is 13.6. The molecule has 0 aliphatic carbocycles. The van der Waals surface area contributed by atoms with E-state index in [1.54, 1.807) is 0 Å². The van der Waals surface area contributed by atoms with Gasteiger partial charge in [0.15, 0.2) is 5.75 Å². The predicted molar refractivity (Wildman–Crippen MR) is 76.8 cm³/mol. The van der Waals surface area contributed by atoms with Crippen molar-refractivity contribution < 1.29 is 29.0 Å². The molecular weight excluding hydrogens is 325 g/mol. The number of phenols is 1. The number of nitrogens with two attached hydrogens (primary N) is 1. The van der Waals surface area contributed by atoms with Crippen LogP contribution in [0.4, 0.5) is 10.2 Å². The van der Waals surface area contributed by atoms with Crippen molar-refractivity contribution in [2.45, 2.75) is 0 Å². The van der Waals surface area contributed by atoms with E-state index in [9.17, 15) is 28.7 Å². The van der Waals surface area contributed by atoms with Gasteiger partial charge in [-0.15, -0.1) is 0 Å². The van der Waals surface area contributed by atoms with E-state index in [0.29, 0.717) is 4.57 Å². The number of amides is 2. The molecule has 0 bridgehead atoms. The summed E-state index contributed by atoms with van der Waals surface area (Å²) in [5.74, 6) is -6.15. The van der Waals surface area contributed by atoms with Gasteiger partial charge in [0, 0.05) is 6.07 Å². The van der Waals surface area contributed by atoms with Crippen molar-refractivity contribution in [2.24, 2.45) is 0 Å². The molecule has 0 saturated carbocycles. The van der Waals surface area contributed by atoms with E-state index in [2.05, 4.69) is 0 Å². The number of aromatic hydroxyl groups is 1. The Morgan fingerprint density at radius 3 is 2.50 bits per heavy atom. The van der Waals surface area contributed by atoms with Crippen LogP contribution in [0.25, 0.3) is 5.69 Å². The fraction of sp³-hybridized carbons (Fsp3) is 0. The topological polar surface area (TPSA) is 152 Å². The number of anilines is 1. The lowest BCUT2D eigenvalue weighted by Crippen LogP contribution is -2.24. The van der Waals surface area contributed by atoms with Gasteiger partial charge in [-0.1, -0.05) is 0 Å². The zero-order chi connectivity index (χ0) is 17.8. The van der Waals surface area contributed by atoms with E-state index >= 15 is 0 Å². The van der Waals surface area contributed by atoms with Crippen molar-refractivity contribution in [1.82, 2.24) is 9.88 Å². The molecule has 122 valence electrons. The van der Waals surface area contributed by atoms with Crippen LogP contribution in [-0.2, 0) is 0 Å². The van der Waals surface area contributed by atoms with Crippen molar-refractivity contribution in [3.05, 3.63) is 51.1 Å². The van der Waals surface area contributed by atoms with Crippen LogP contribution in [0.1, 0.15) is 31.1 Å². The van der Waals surface area contributed by atoms with E-state index in [1.165, 1.54) is 0 Å². The molecule has 0 unspecified atom stereocenters. The van der Waals surface area contributed by atoms with Crippen LogP contribution in [0, 0.1) is 5.82 Å². The number of nitrogens with zero attached hydrogens (tertiary/aromatic N) is 1. The minimum Gasteiger partial charge on any atom is -0.505 e. The molecular formula is C14H8FN3O6. The van der Waals surface area contributed by atoms with Crippen LogP contribution in [0.3, 0.4) is 0 Å². The molecule has 24 heavy (non-hydrogen) atoms. The highest BCUT2D eigenvalue weighted by molar-refractivity contribution is 6.23. The normalized spacial score (nSPS) is 12.9. The summed E-state index contributed by atoms with van der Waals surface area (Å²) in [5.41, 5.74) is 2.82. The minimum atomic E-state index is -1.76. The van der Waals surface area contributed by atoms with E-state index < -0.39 is 52.0 Å². The quantitative estimate of drug-likeness (QED) is 0.557. The first-order valence-electron chi connectivity index (χ1n) is 6.40. The Bertz CT molecular complexity index is 1010. The van der Waals surface area contributed by atoms with Gasteiger partial charge in [-0.05, 0) is 12.1 Å². The summed E-state index contributed by atoms with van der Waals surface area (Å²) in [6, 6.07) is 2.47. The second-order valence-electron chi connectivity index (χ2n) is 4.87. The summed E-state index contributed by atoms with van der Waals surface area (Å²) in [5, 5.41) is 20.9. The van der Waals surface area contributed by atoms with Crippen molar-refractivity contribution in [2.75, 3.05) is 5.73 Å². The average Bonchev–Trinajstić information content (AvgIpc) is 2.75. The molecule has 2 aromatic rings. The molecule has 0 spiro atoms. The smallest absolute Gasteiger partial charge is 0.342 e. The van der Waals surface area contributed by atoms with Crippen LogP contribution in [0.2, 0.25) is 0 Å². The van der Waals surface area contributed by atoms with Gasteiger partial charge in [-0.3, -0.25) is 24.3 Å². The number of fused-ring (bicyclic) bond motifs is 1. The lowest BCUT2D eigenvalue weighted by molar-refractivity contribution is 0.0687. The number of pyridine rings is 1. The third-order valence-electron chi connectivity index (χ3n) is 3.51. The molecule has 0 radical (unpaired) electrons. The Morgan fingerprint density at radius 2 is 1.88 bits per heavy atom. The second kappa shape index (κ2) is 4.91. The van der Waals surface area contributed by atoms with Crippen LogP contribution >= 0.6 is 0 Å². The van der Waals surface area contributed by atoms with Crippen LogP contribution in [-0.4, -0.2) is 32.6 Å². The van der Waals surface area contributed by atoms with Crippen molar-refractivity contribution in [3.8, 4) is 11.4 Å². The molecule has 5 N–H and O–H groups in total. The molecule has 2 heterocycles. The van der Waals surface area contributed by atoms with Crippen molar-refractivity contribution in [3.63, 3.8) is 0 Å². The molecule has 1 aromatic heterocycles. The molecule has 9 nitrogen and oxygen atoms in total. The second-order valence-corrected chi connectivity index (χ2v) is 4.87. The van der Waals surface area contributed by atoms with Crippen LogP contribution < -0.4 is 16.6 Å². The number of aromatic carboxylic acids is 1.